The van der Waals surface area contributed by atoms with Gasteiger partial charge in [0.25, 0.3) is 0 Å². The second-order valence-corrected chi connectivity index (χ2v) is 7.33. The topological polar surface area (TPSA) is 29.1 Å². The van der Waals surface area contributed by atoms with Gasteiger partial charge in [0.05, 0.1) is 6.42 Å². The van der Waals surface area contributed by atoms with E-state index in [0.29, 0.717) is 13.0 Å². The highest BCUT2D eigenvalue weighted by molar-refractivity contribution is 5.90. The van der Waals surface area contributed by atoms with Crippen LogP contribution in [-0.4, -0.2) is 12.5 Å². The van der Waals surface area contributed by atoms with Gasteiger partial charge in [-0.05, 0) is 33.9 Å². The maximum absolute atomic E-state index is 12.6. The van der Waals surface area contributed by atoms with Crippen LogP contribution in [0, 0.1) is 0 Å². The summed E-state index contributed by atoms with van der Waals surface area (Å²) in [5.74, 6) is 0.344. The fraction of sp³-hybridized carbons (Fsp3) is 0.148. The van der Waals surface area contributed by atoms with Gasteiger partial charge in [0.1, 0.15) is 0 Å². The molecule has 4 rings (SSSR count). The van der Waals surface area contributed by atoms with E-state index in [1.807, 2.05) is 36.4 Å². The number of amides is 1. The summed E-state index contributed by atoms with van der Waals surface area (Å²) in [5.41, 5.74) is 3.63. The van der Waals surface area contributed by atoms with E-state index in [1.54, 1.807) is 0 Å². The molecule has 0 heterocycles. The first kappa shape index (κ1) is 18.9. The molecule has 0 radical (unpaired) electrons. The van der Waals surface area contributed by atoms with Crippen molar-refractivity contribution in [1.29, 1.82) is 0 Å². The lowest BCUT2D eigenvalue weighted by Gasteiger charge is -2.18. The van der Waals surface area contributed by atoms with Crippen molar-refractivity contribution in [1.82, 2.24) is 5.32 Å². The van der Waals surface area contributed by atoms with E-state index in [2.05, 4.69) is 72.0 Å². The zero-order chi connectivity index (χ0) is 19.9. The molecular weight excluding hydrogens is 354 g/mol. The van der Waals surface area contributed by atoms with Gasteiger partial charge in [-0.3, -0.25) is 4.79 Å². The van der Waals surface area contributed by atoms with Crippen LogP contribution in [0.3, 0.4) is 0 Å². The third kappa shape index (κ3) is 4.72. The van der Waals surface area contributed by atoms with Crippen LogP contribution < -0.4 is 5.32 Å². The number of hydrogen-bond donors (Lipinski definition) is 1. The van der Waals surface area contributed by atoms with Crippen LogP contribution in [0.2, 0.25) is 0 Å². The van der Waals surface area contributed by atoms with Crippen molar-refractivity contribution in [3.8, 4) is 0 Å². The first-order valence-corrected chi connectivity index (χ1v) is 10.1. The Balaban J connectivity index is 1.41. The van der Waals surface area contributed by atoms with Crippen LogP contribution in [0.5, 0.6) is 0 Å². The fourth-order valence-corrected chi connectivity index (χ4v) is 3.93. The summed E-state index contributed by atoms with van der Waals surface area (Å²) in [4.78, 5) is 12.6. The Morgan fingerprint density at radius 1 is 0.690 bits per heavy atom. The average Bonchev–Trinajstić information content (AvgIpc) is 2.78. The Morgan fingerprint density at radius 2 is 1.28 bits per heavy atom. The Bertz CT molecular complexity index is 1030. The summed E-state index contributed by atoms with van der Waals surface area (Å²) in [7, 11) is 0. The van der Waals surface area contributed by atoms with Gasteiger partial charge in [-0.1, -0.05) is 103 Å². The quantitative estimate of drug-likeness (QED) is 0.437. The largest absolute Gasteiger partial charge is 0.356 e. The van der Waals surface area contributed by atoms with E-state index >= 15 is 0 Å². The number of fused-ring (bicyclic) bond motifs is 1. The summed E-state index contributed by atoms with van der Waals surface area (Å²) < 4.78 is 0. The third-order valence-corrected chi connectivity index (χ3v) is 5.39. The zero-order valence-corrected chi connectivity index (χ0v) is 16.4. The number of benzene rings is 4. The highest BCUT2D eigenvalue weighted by Crippen LogP contribution is 2.27. The van der Waals surface area contributed by atoms with Crippen molar-refractivity contribution in [2.24, 2.45) is 0 Å². The van der Waals surface area contributed by atoms with Crippen molar-refractivity contribution in [3.63, 3.8) is 0 Å². The van der Waals surface area contributed by atoms with E-state index in [4.69, 9.17) is 0 Å². The average molecular weight is 380 g/mol. The van der Waals surface area contributed by atoms with E-state index in [1.165, 1.54) is 16.5 Å². The molecule has 0 bridgehead atoms. The minimum Gasteiger partial charge on any atom is -0.356 e. The lowest BCUT2D eigenvalue weighted by Crippen LogP contribution is -2.27. The van der Waals surface area contributed by atoms with Crippen molar-refractivity contribution in [3.05, 3.63) is 120 Å². The number of rotatable bonds is 7. The Kier molecular flexibility index (Phi) is 6.01. The smallest absolute Gasteiger partial charge is 0.224 e. The number of nitrogens with one attached hydrogen (secondary N) is 1. The second kappa shape index (κ2) is 9.20. The van der Waals surface area contributed by atoms with E-state index in [0.717, 1.165) is 17.4 Å². The molecule has 0 aliphatic carbocycles. The third-order valence-electron chi connectivity index (χ3n) is 5.39. The minimum absolute atomic E-state index is 0.0706. The standard InChI is InChI=1S/C27H25NO/c29-27(20-24-16-9-15-23-14-7-8-17-25(23)24)28-19-18-26(21-10-3-1-4-11-21)22-12-5-2-6-13-22/h1-17,26H,18-20H2,(H,28,29). The molecule has 0 saturated carbocycles. The second-order valence-electron chi connectivity index (χ2n) is 7.33. The monoisotopic (exact) mass is 379 g/mol. The van der Waals surface area contributed by atoms with Crippen LogP contribution in [0.25, 0.3) is 10.8 Å². The molecule has 4 aromatic rings. The molecule has 0 saturated heterocycles. The predicted molar refractivity (Wildman–Crippen MR) is 120 cm³/mol. The molecule has 0 spiro atoms. The molecule has 0 aromatic heterocycles. The van der Waals surface area contributed by atoms with Crippen molar-refractivity contribution >= 4 is 16.7 Å². The highest BCUT2D eigenvalue weighted by Gasteiger charge is 2.14. The number of hydrogen-bond acceptors (Lipinski definition) is 1. The SMILES string of the molecule is O=C(Cc1cccc2ccccc12)NCCC(c1ccccc1)c1ccccc1. The van der Waals surface area contributed by atoms with Crippen LogP contribution in [0.1, 0.15) is 29.0 Å². The maximum atomic E-state index is 12.6. The summed E-state index contributed by atoms with van der Waals surface area (Å²) in [6.45, 7) is 0.651. The molecule has 2 heteroatoms. The minimum atomic E-state index is 0.0706. The van der Waals surface area contributed by atoms with Gasteiger partial charge in [-0.25, -0.2) is 0 Å². The van der Waals surface area contributed by atoms with Gasteiger partial charge >= 0.3 is 0 Å². The molecule has 144 valence electrons. The van der Waals surface area contributed by atoms with Crippen molar-refractivity contribution in [2.75, 3.05) is 6.54 Å². The molecule has 29 heavy (non-hydrogen) atoms. The molecule has 0 fully saturated rings. The van der Waals surface area contributed by atoms with Gasteiger partial charge in [-0.2, -0.15) is 0 Å². The van der Waals surface area contributed by atoms with E-state index in [9.17, 15) is 4.79 Å². The van der Waals surface area contributed by atoms with E-state index < -0.39 is 0 Å². The summed E-state index contributed by atoms with van der Waals surface area (Å²) in [6, 6.07) is 35.4. The highest BCUT2D eigenvalue weighted by atomic mass is 16.1. The predicted octanol–water partition coefficient (Wildman–Crippen LogP) is 5.72. The summed E-state index contributed by atoms with van der Waals surface area (Å²) in [5, 5.41) is 5.45. The van der Waals surface area contributed by atoms with Gasteiger partial charge in [-0.15, -0.1) is 0 Å². The van der Waals surface area contributed by atoms with E-state index in [-0.39, 0.29) is 11.8 Å². The molecule has 0 aliphatic rings. The maximum Gasteiger partial charge on any atom is 0.224 e. The number of carbonyl (C=O) groups is 1. The Hall–Kier alpha value is -3.39. The molecule has 4 aromatic carbocycles. The van der Waals surface area contributed by atoms with Crippen molar-refractivity contribution in [2.45, 2.75) is 18.8 Å². The molecule has 1 N–H and O–H groups in total. The first-order chi connectivity index (χ1) is 14.3. The Morgan fingerprint density at radius 3 is 1.97 bits per heavy atom. The van der Waals surface area contributed by atoms with Gasteiger partial charge < -0.3 is 5.32 Å². The summed E-state index contributed by atoms with van der Waals surface area (Å²) in [6.07, 6.45) is 1.28. The molecule has 0 atom stereocenters. The van der Waals surface area contributed by atoms with Crippen LogP contribution >= 0.6 is 0 Å². The number of carbonyl (C=O) groups excluding carboxylic acids is 1. The molecule has 1 amide bonds. The van der Waals surface area contributed by atoms with Gasteiger partial charge in [0.15, 0.2) is 0 Å². The van der Waals surface area contributed by atoms with Gasteiger partial charge in [0.2, 0.25) is 5.91 Å². The molecule has 0 unspecified atom stereocenters. The lowest BCUT2D eigenvalue weighted by molar-refractivity contribution is -0.120. The normalized spacial score (nSPS) is 10.9. The van der Waals surface area contributed by atoms with Crippen molar-refractivity contribution < 1.29 is 4.79 Å². The molecule has 2 nitrogen and oxygen atoms in total. The van der Waals surface area contributed by atoms with Crippen LogP contribution in [-0.2, 0) is 11.2 Å². The molecular formula is C27H25NO. The fourth-order valence-electron chi connectivity index (χ4n) is 3.93. The lowest BCUT2D eigenvalue weighted by atomic mass is 9.88. The zero-order valence-electron chi connectivity index (χ0n) is 16.4. The first-order valence-electron chi connectivity index (χ1n) is 10.1. The van der Waals surface area contributed by atoms with Crippen LogP contribution in [0.4, 0.5) is 0 Å². The molecule has 0 aliphatic heterocycles. The van der Waals surface area contributed by atoms with Gasteiger partial charge in [0, 0.05) is 12.5 Å². The Labute approximate surface area is 172 Å². The van der Waals surface area contributed by atoms with Crippen LogP contribution in [0.15, 0.2) is 103 Å². The summed E-state index contributed by atoms with van der Waals surface area (Å²) >= 11 is 0.